The summed E-state index contributed by atoms with van der Waals surface area (Å²) in [4.78, 5) is 29.2. The average molecular weight is 356 g/mol. The first-order valence-electron chi connectivity index (χ1n) is 9.16. The summed E-state index contributed by atoms with van der Waals surface area (Å²) in [7, 11) is 2.07. The third-order valence-corrected chi connectivity index (χ3v) is 7.03. The molecule has 3 rings (SSSR count). The van der Waals surface area contributed by atoms with Crippen LogP contribution < -0.4 is 5.32 Å². The molecule has 0 spiro atoms. The predicted molar refractivity (Wildman–Crippen MR) is 94.8 cm³/mol. The lowest BCUT2D eigenvalue weighted by Crippen LogP contribution is -2.53. The lowest BCUT2D eigenvalue weighted by molar-refractivity contribution is -0.150. The molecule has 3 aliphatic rings. The van der Waals surface area contributed by atoms with Gasteiger partial charge in [-0.15, -0.1) is 11.8 Å². The third-order valence-electron chi connectivity index (χ3n) is 5.39. The molecule has 4 atom stereocenters. The van der Waals surface area contributed by atoms with Crippen molar-refractivity contribution in [1.82, 2.24) is 15.1 Å². The molecule has 24 heavy (non-hydrogen) atoms. The van der Waals surface area contributed by atoms with Crippen LogP contribution in [0.25, 0.3) is 0 Å². The number of carbonyl (C=O) groups excluding carboxylic acids is 2. The zero-order valence-electron chi connectivity index (χ0n) is 14.7. The van der Waals surface area contributed by atoms with Crippen molar-refractivity contribution in [2.45, 2.75) is 43.2 Å². The van der Waals surface area contributed by atoms with Gasteiger partial charge in [0.2, 0.25) is 0 Å². The fourth-order valence-electron chi connectivity index (χ4n) is 3.98. The average Bonchev–Trinajstić information content (AvgIpc) is 3.13. The summed E-state index contributed by atoms with van der Waals surface area (Å²) in [5.74, 6) is 0.0463. The summed E-state index contributed by atoms with van der Waals surface area (Å²) in [5.41, 5.74) is 0. The topological polar surface area (TPSA) is 61.9 Å². The Kier molecular flexibility index (Phi) is 5.92. The number of amides is 2. The third kappa shape index (κ3) is 3.82. The number of likely N-dealkylation sites (N-methyl/N-ethyl adjacent to an activating group) is 1. The fraction of sp³-hybridized carbons (Fsp3) is 0.882. The number of ether oxygens (including phenoxy) is 1. The summed E-state index contributed by atoms with van der Waals surface area (Å²) >= 11 is 1.77. The van der Waals surface area contributed by atoms with Crippen molar-refractivity contribution in [3.05, 3.63) is 0 Å². The van der Waals surface area contributed by atoms with Crippen molar-refractivity contribution in [3.8, 4) is 0 Å². The number of nitrogens with zero attached hydrogens (tertiary/aromatic N) is 2. The lowest BCUT2D eigenvalue weighted by atomic mass is 9.91. The van der Waals surface area contributed by atoms with Gasteiger partial charge in [0, 0.05) is 31.4 Å². The SMILES string of the molecule is CCCOC(=O)C1C(NC(=O)N2CCN(C)CC2)SC2CCCC21. The van der Waals surface area contributed by atoms with Crippen LogP contribution in [0.3, 0.4) is 0 Å². The van der Waals surface area contributed by atoms with Gasteiger partial charge in [-0.05, 0) is 32.2 Å². The van der Waals surface area contributed by atoms with E-state index in [1.54, 1.807) is 11.8 Å². The number of hydrogen-bond acceptors (Lipinski definition) is 5. The maximum absolute atomic E-state index is 12.6. The highest BCUT2D eigenvalue weighted by Gasteiger charge is 2.51. The van der Waals surface area contributed by atoms with Crippen LogP contribution in [0.15, 0.2) is 0 Å². The molecule has 0 radical (unpaired) electrons. The van der Waals surface area contributed by atoms with Crippen molar-refractivity contribution < 1.29 is 14.3 Å². The van der Waals surface area contributed by atoms with Gasteiger partial charge in [-0.1, -0.05) is 13.3 Å². The molecule has 1 saturated carbocycles. The van der Waals surface area contributed by atoms with E-state index in [-0.39, 0.29) is 23.3 Å². The molecule has 4 unspecified atom stereocenters. The molecule has 1 aliphatic carbocycles. The highest BCUT2D eigenvalue weighted by atomic mass is 32.2. The maximum Gasteiger partial charge on any atom is 0.318 e. The van der Waals surface area contributed by atoms with E-state index in [2.05, 4.69) is 17.3 Å². The number of fused-ring (bicyclic) bond motifs is 1. The standard InChI is InChI=1S/C17H29N3O3S/c1-3-11-23-16(21)14-12-5-4-6-13(12)24-15(14)18-17(22)20-9-7-19(2)8-10-20/h12-15H,3-11H2,1-2H3,(H,18,22). The van der Waals surface area contributed by atoms with E-state index < -0.39 is 0 Å². The van der Waals surface area contributed by atoms with Crippen molar-refractivity contribution in [2.24, 2.45) is 11.8 Å². The van der Waals surface area contributed by atoms with Crippen LogP contribution in [0.4, 0.5) is 4.79 Å². The van der Waals surface area contributed by atoms with Gasteiger partial charge in [0.15, 0.2) is 0 Å². The molecule has 2 aliphatic heterocycles. The van der Waals surface area contributed by atoms with Gasteiger partial charge in [0.25, 0.3) is 0 Å². The molecule has 3 fully saturated rings. The van der Waals surface area contributed by atoms with Gasteiger partial charge in [-0.25, -0.2) is 4.79 Å². The van der Waals surface area contributed by atoms with Crippen molar-refractivity contribution >= 4 is 23.8 Å². The molecule has 0 aromatic heterocycles. The maximum atomic E-state index is 12.6. The number of thioether (sulfide) groups is 1. The Morgan fingerprint density at radius 1 is 1.21 bits per heavy atom. The number of urea groups is 1. The minimum Gasteiger partial charge on any atom is -0.465 e. The quantitative estimate of drug-likeness (QED) is 0.779. The van der Waals surface area contributed by atoms with Crippen LogP contribution in [0.1, 0.15) is 32.6 Å². The minimum atomic E-state index is -0.189. The lowest BCUT2D eigenvalue weighted by Gasteiger charge is -2.33. The highest BCUT2D eigenvalue weighted by Crippen LogP contribution is 2.50. The molecule has 6 nitrogen and oxygen atoms in total. The van der Waals surface area contributed by atoms with E-state index in [9.17, 15) is 9.59 Å². The summed E-state index contributed by atoms with van der Waals surface area (Å²) in [6.07, 6.45) is 4.23. The molecular weight excluding hydrogens is 326 g/mol. The minimum absolute atomic E-state index is 0.0335. The van der Waals surface area contributed by atoms with Crippen LogP contribution >= 0.6 is 11.8 Å². The molecule has 0 aromatic rings. The van der Waals surface area contributed by atoms with E-state index in [4.69, 9.17) is 4.74 Å². The van der Waals surface area contributed by atoms with Gasteiger partial charge in [-0.2, -0.15) is 0 Å². The van der Waals surface area contributed by atoms with Crippen molar-refractivity contribution in [2.75, 3.05) is 39.8 Å². The zero-order chi connectivity index (χ0) is 17.1. The van der Waals surface area contributed by atoms with Gasteiger partial charge in [0.05, 0.1) is 17.9 Å². The Bertz CT molecular complexity index is 468. The summed E-state index contributed by atoms with van der Waals surface area (Å²) < 4.78 is 5.43. The van der Waals surface area contributed by atoms with E-state index in [1.165, 1.54) is 6.42 Å². The van der Waals surface area contributed by atoms with E-state index in [1.807, 2.05) is 11.8 Å². The Hall–Kier alpha value is -0.950. The van der Waals surface area contributed by atoms with E-state index >= 15 is 0 Å². The molecule has 136 valence electrons. The zero-order valence-corrected chi connectivity index (χ0v) is 15.5. The highest BCUT2D eigenvalue weighted by molar-refractivity contribution is 8.00. The molecule has 2 heterocycles. The van der Waals surface area contributed by atoms with E-state index in [0.29, 0.717) is 17.8 Å². The number of esters is 1. The smallest absolute Gasteiger partial charge is 0.318 e. The van der Waals surface area contributed by atoms with Gasteiger partial charge in [0.1, 0.15) is 0 Å². The second-order valence-electron chi connectivity index (χ2n) is 7.12. The molecule has 2 amide bonds. The number of piperazine rings is 1. The van der Waals surface area contributed by atoms with Crippen LogP contribution in [0.2, 0.25) is 0 Å². The molecule has 2 saturated heterocycles. The van der Waals surface area contributed by atoms with Crippen LogP contribution in [-0.4, -0.2) is 72.3 Å². The van der Waals surface area contributed by atoms with Crippen LogP contribution in [-0.2, 0) is 9.53 Å². The largest absolute Gasteiger partial charge is 0.465 e. The van der Waals surface area contributed by atoms with Gasteiger partial charge >= 0.3 is 12.0 Å². The van der Waals surface area contributed by atoms with Gasteiger partial charge < -0.3 is 19.9 Å². The monoisotopic (exact) mass is 355 g/mol. The number of hydrogen-bond donors (Lipinski definition) is 1. The predicted octanol–water partition coefficient (Wildman–Crippen LogP) is 1.75. The number of nitrogens with one attached hydrogen (secondary N) is 1. The summed E-state index contributed by atoms with van der Waals surface area (Å²) in [5, 5.41) is 3.48. The van der Waals surface area contributed by atoms with Crippen molar-refractivity contribution in [3.63, 3.8) is 0 Å². The Morgan fingerprint density at radius 3 is 2.67 bits per heavy atom. The molecule has 0 aromatic carbocycles. The molecular formula is C17H29N3O3S. The van der Waals surface area contributed by atoms with Crippen molar-refractivity contribution in [1.29, 1.82) is 0 Å². The van der Waals surface area contributed by atoms with Crippen LogP contribution in [0.5, 0.6) is 0 Å². The Balaban J connectivity index is 1.62. The summed E-state index contributed by atoms with van der Waals surface area (Å²) in [6, 6.07) is -0.0335. The van der Waals surface area contributed by atoms with Gasteiger partial charge in [-0.3, -0.25) is 4.79 Å². The normalized spacial score (nSPS) is 33.3. The molecule has 0 bridgehead atoms. The second-order valence-corrected chi connectivity index (χ2v) is 8.51. The second kappa shape index (κ2) is 7.95. The molecule has 7 heteroatoms. The van der Waals surface area contributed by atoms with E-state index in [0.717, 1.165) is 45.4 Å². The first-order chi connectivity index (χ1) is 11.6. The number of carbonyl (C=O) groups is 2. The fourth-order valence-corrected chi connectivity index (χ4v) is 5.81. The first kappa shape index (κ1) is 17.9. The Morgan fingerprint density at radius 2 is 1.96 bits per heavy atom. The summed E-state index contributed by atoms with van der Waals surface area (Å²) in [6.45, 7) is 5.77. The van der Waals surface area contributed by atoms with Crippen LogP contribution in [0, 0.1) is 11.8 Å². The Labute approximate surface area is 148 Å². The first-order valence-corrected chi connectivity index (χ1v) is 10.1. The molecule has 1 N–H and O–H groups in total. The number of rotatable bonds is 4.